The molecule has 7 N–H and O–H groups in total. The predicted molar refractivity (Wildman–Crippen MR) is 71.0 cm³/mol. The Morgan fingerprint density at radius 1 is 1.33 bits per heavy atom. The van der Waals surface area contributed by atoms with E-state index in [2.05, 4.69) is 10.8 Å². The van der Waals surface area contributed by atoms with Gasteiger partial charge in [0.2, 0.25) is 0 Å². The van der Waals surface area contributed by atoms with Crippen molar-refractivity contribution in [2.45, 2.75) is 17.0 Å². The van der Waals surface area contributed by atoms with Gasteiger partial charge in [0.05, 0.1) is 0 Å². The standard InChI is InChI=1S/C8H14N4S3/c9-7(10)14-3-5-1-13-2-6(5)4-15-8(11)12/h1-2,7H,3-4,9-10H2,(H3,11,12). The normalized spacial score (nSPS) is 10.9. The third kappa shape index (κ3) is 4.89. The van der Waals surface area contributed by atoms with Crippen LogP contribution in [0, 0.1) is 5.41 Å². The number of amidine groups is 1. The van der Waals surface area contributed by atoms with E-state index in [0.29, 0.717) is 0 Å². The van der Waals surface area contributed by atoms with E-state index < -0.39 is 0 Å². The van der Waals surface area contributed by atoms with Gasteiger partial charge in [-0.05, 0) is 21.9 Å². The van der Waals surface area contributed by atoms with Crippen LogP contribution in [0.1, 0.15) is 11.1 Å². The first-order valence-electron chi connectivity index (χ1n) is 4.23. The van der Waals surface area contributed by atoms with Gasteiger partial charge in [-0.25, -0.2) is 0 Å². The number of thioether (sulfide) groups is 2. The van der Waals surface area contributed by atoms with E-state index in [1.54, 1.807) is 11.3 Å². The molecule has 0 unspecified atom stereocenters. The maximum atomic E-state index is 7.14. The summed E-state index contributed by atoms with van der Waals surface area (Å²) in [6.45, 7) is 0. The highest BCUT2D eigenvalue weighted by Crippen LogP contribution is 2.24. The molecule has 84 valence electrons. The van der Waals surface area contributed by atoms with Gasteiger partial charge in [0.1, 0.15) is 5.50 Å². The van der Waals surface area contributed by atoms with E-state index in [1.807, 2.05) is 0 Å². The van der Waals surface area contributed by atoms with Gasteiger partial charge in [-0.15, -0.1) is 11.8 Å². The molecule has 15 heavy (non-hydrogen) atoms. The highest BCUT2D eigenvalue weighted by atomic mass is 32.2. The predicted octanol–water partition coefficient (Wildman–Crippen LogP) is 1.31. The number of nitrogens with one attached hydrogen (secondary N) is 1. The summed E-state index contributed by atoms with van der Waals surface area (Å²) in [4.78, 5) is 0. The van der Waals surface area contributed by atoms with Gasteiger partial charge in [0.15, 0.2) is 5.17 Å². The fraction of sp³-hybridized carbons (Fsp3) is 0.375. The molecule has 1 aromatic heterocycles. The fourth-order valence-corrected chi connectivity index (χ4v) is 3.24. The van der Waals surface area contributed by atoms with E-state index in [4.69, 9.17) is 22.6 Å². The molecular weight excluding hydrogens is 248 g/mol. The van der Waals surface area contributed by atoms with Crippen LogP contribution in [-0.2, 0) is 11.5 Å². The molecule has 0 radical (unpaired) electrons. The molecule has 0 aliphatic heterocycles. The van der Waals surface area contributed by atoms with Crippen molar-refractivity contribution in [3.63, 3.8) is 0 Å². The number of hydrogen-bond acceptors (Lipinski definition) is 6. The summed E-state index contributed by atoms with van der Waals surface area (Å²) in [5.74, 6) is 1.56. The van der Waals surface area contributed by atoms with Crippen molar-refractivity contribution < 1.29 is 0 Å². The number of nitrogens with two attached hydrogens (primary N) is 3. The second-order valence-corrected chi connectivity index (χ2v) is 5.78. The molecule has 0 aliphatic carbocycles. The zero-order chi connectivity index (χ0) is 11.3. The first-order valence-corrected chi connectivity index (χ1v) is 7.21. The van der Waals surface area contributed by atoms with Crippen LogP contribution in [0.25, 0.3) is 0 Å². The smallest absolute Gasteiger partial charge is 0.151 e. The maximum Gasteiger partial charge on any atom is 0.151 e. The monoisotopic (exact) mass is 262 g/mol. The summed E-state index contributed by atoms with van der Waals surface area (Å²) >= 11 is 4.49. The Hall–Kier alpha value is -0.210. The summed E-state index contributed by atoms with van der Waals surface area (Å²) in [6, 6.07) is 0. The van der Waals surface area contributed by atoms with E-state index in [9.17, 15) is 0 Å². The van der Waals surface area contributed by atoms with Crippen molar-refractivity contribution >= 4 is 40.0 Å². The topological polar surface area (TPSA) is 102 Å². The van der Waals surface area contributed by atoms with Gasteiger partial charge in [0, 0.05) is 11.5 Å². The van der Waals surface area contributed by atoms with Crippen molar-refractivity contribution in [3.05, 3.63) is 21.9 Å². The Kier molecular flexibility index (Phi) is 5.48. The molecule has 0 spiro atoms. The lowest BCUT2D eigenvalue weighted by Gasteiger charge is -2.05. The molecule has 4 nitrogen and oxygen atoms in total. The molecule has 0 atom stereocenters. The van der Waals surface area contributed by atoms with Crippen molar-refractivity contribution in [3.8, 4) is 0 Å². The number of hydrogen-bond donors (Lipinski definition) is 4. The molecule has 0 bridgehead atoms. The van der Waals surface area contributed by atoms with E-state index in [1.165, 1.54) is 34.7 Å². The molecule has 7 heteroatoms. The van der Waals surface area contributed by atoms with Crippen molar-refractivity contribution in [2.24, 2.45) is 17.2 Å². The highest BCUT2D eigenvalue weighted by molar-refractivity contribution is 8.13. The van der Waals surface area contributed by atoms with Crippen molar-refractivity contribution in [1.82, 2.24) is 0 Å². The summed E-state index contributed by atoms with van der Waals surface area (Å²) in [5, 5.41) is 11.5. The molecule has 0 fully saturated rings. The van der Waals surface area contributed by atoms with Crippen LogP contribution < -0.4 is 17.2 Å². The van der Waals surface area contributed by atoms with E-state index in [0.717, 1.165) is 11.5 Å². The Bertz CT molecular complexity index is 323. The summed E-state index contributed by atoms with van der Waals surface area (Å²) in [7, 11) is 0. The van der Waals surface area contributed by atoms with Crippen LogP contribution in [-0.4, -0.2) is 10.7 Å². The second-order valence-electron chi connectivity index (χ2n) is 2.85. The van der Waals surface area contributed by atoms with E-state index in [-0.39, 0.29) is 10.7 Å². The van der Waals surface area contributed by atoms with Crippen LogP contribution in [0.3, 0.4) is 0 Å². The van der Waals surface area contributed by atoms with Crippen LogP contribution in [0.5, 0.6) is 0 Å². The lowest BCUT2D eigenvalue weighted by atomic mass is 10.2. The molecule has 0 saturated heterocycles. The largest absolute Gasteiger partial charge is 0.379 e. The Balaban J connectivity index is 2.49. The molecule has 0 amide bonds. The summed E-state index contributed by atoms with van der Waals surface area (Å²) < 4.78 is 0. The highest BCUT2D eigenvalue weighted by Gasteiger charge is 2.06. The van der Waals surface area contributed by atoms with Gasteiger partial charge in [-0.1, -0.05) is 11.8 Å². The van der Waals surface area contributed by atoms with Crippen LogP contribution in [0.4, 0.5) is 0 Å². The lowest BCUT2D eigenvalue weighted by Crippen LogP contribution is -2.26. The Labute approximate surface area is 101 Å². The van der Waals surface area contributed by atoms with Gasteiger partial charge < -0.3 is 17.2 Å². The molecule has 1 aromatic rings. The Morgan fingerprint density at radius 2 is 1.93 bits per heavy atom. The minimum absolute atomic E-state index is 0.148. The third-order valence-electron chi connectivity index (χ3n) is 1.65. The number of thiophene rings is 1. The molecule has 0 aromatic carbocycles. The molecule has 0 aliphatic rings. The van der Waals surface area contributed by atoms with Crippen molar-refractivity contribution in [1.29, 1.82) is 5.41 Å². The van der Waals surface area contributed by atoms with Gasteiger partial charge in [0.25, 0.3) is 0 Å². The molecule has 1 heterocycles. The summed E-state index contributed by atoms with van der Waals surface area (Å²) in [6.07, 6.45) is 0. The first kappa shape index (κ1) is 12.9. The average molecular weight is 262 g/mol. The second kappa shape index (κ2) is 6.39. The minimum Gasteiger partial charge on any atom is -0.379 e. The molecular formula is C8H14N4S3. The lowest BCUT2D eigenvalue weighted by molar-refractivity contribution is 0.986. The minimum atomic E-state index is -0.335. The van der Waals surface area contributed by atoms with Crippen LogP contribution >= 0.6 is 34.9 Å². The summed E-state index contributed by atoms with van der Waals surface area (Å²) in [5.41, 5.74) is 18.3. The van der Waals surface area contributed by atoms with Crippen LogP contribution in [0.2, 0.25) is 0 Å². The fourth-order valence-electron chi connectivity index (χ4n) is 0.945. The van der Waals surface area contributed by atoms with E-state index >= 15 is 0 Å². The SMILES string of the molecule is N=C(N)SCc1cscc1CSC(N)N. The first-order chi connectivity index (χ1) is 7.09. The van der Waals surface area contributed by atoms with Crippen LogP contribution in [0.15, 0.2) is 10.8 Å². The maximum absolute atomic E-state index is 7.14. The zero-order valence-corrected chi connectivity index (χ0v) is 10.6. The van der Waals surface area contributed by atoms with Gasteiger partial charge >= 0.3 is 0 Å². The van der Waals surface area contributed by atoms with Gasteiger partial charge in [-0.2, -0.15) is 11.3 Å². The third-order valence-corrected chi connectivity index (χ3v) is 4.12. The number of rotatable bonds is 5. The average Bonchev–Trinajstić information content (AvgIpc) is 2.58. The molecule has 0 saturated carbocycles. The zero-order valence-electron chi connectivity index (χ0n) is 8.10. The Morgan fingerprint density at radius 3 is 2.47 bits per heavy atom. The van der Waals surface area contributed by atoms with Gasteiger partial charge in [-0.3, -0.25) is 5.41 Å². The quantitative estimate of drug-likeness (QED) is 0.364. The van der Waals surface area contributed by atoms with Crippen molar-refractivity contribution in [2.75, 3.05) is 0 Å². The molecule has 1 rings (SSSR count).